The third-order valence-corrected chi connectivity index (χ3v) is 4.21. The molecule has 0 unspecified atom stereocenters. The van der Waals surface area contributed by atoms with E-state index >= 15 is 0 Å². The Morgan fingerprint density at radius 2 is 2.12 bits per heavy atom. The molecule has 2 heterocycles. The Balaban J connectivity index is 1.86. The van der Waals surface area contributed by atoms with Crippen molar-refractivity contribution in [3.05, 3.63) is 46.6 Å². The van der Waals surface area contributed by atoms with Crippen LogP contribution in [0.1, 0.15) is 44.0 Å². The van der Waals surface area contributed by atoms with Crippen molar-refractivity contribution >= 4 is 23.5 Å². The van der Waals surface area contributed by atoms with Gasteiger partial charge in [0, 0.05) is 10.9 Å². The van der Waals surface area contributed by atoms with E-state index in [2.05, 4.69) is 15.5 Å². The second kappa shape index (κ2) is 5.90. The van der Waals surface area contributed by atoms with E-state index in [9.17, 15) is 9.59 Å². The highest BCUT2D eigenvalue weighted by molar-refractivity contribution is 6.30. The maximum atomic E-state index is 12.8. The number of aromatic nitrogens is 2. The third-order valence-electron chi connectivity index (χ3n) is 3.97. The van der Waals surface area contributed by atoms with Crippen LogP contribution in [-0.2, 0) is 16.9 Å². The fourth-order valence-corrected chi connectivity index (χ4v) is 2.73. The Kier molecular flexibility index (Phi) is 4.04. The molecule has 1 atom stereocenters. The molecular formula is C16H17ClN4O3. The van der Waals surface area contributed by atoms with Gasteiger partial charge >= 0.3 is 6.03 Å². The summed E-state index contributed by atoms with van der Waals surface area (Å²) in [5.41, 5.74) is -0.563. The van der Waals surface area contributed by atoms with Gasteiger partial charge in [0.05, 0.1) is 0 Å². The number of carbonyl (C=O) groups is 2. The predicted octanol–water partition coefficient (Wildman–Crippen LogP) is 2.81. The smallest absolute Gasteiger partial charge is 0.325 e. The highest BCUT2D eigenvalue weighted by atomic mass is 35.5. The second-order valence-electron chi connectivity index (χ2n) is 6.16. The Bertz CT molecular complexity index is 804. The first kappa shape index (κ1) is 16.4. The van der Waals surface area contributed by atoms with Gasteiger partial charge < -0.3 is 9.84 Å². The zero-order valence-electron chi connectivity index (χ0n) is 13.5. The van der Waals surface area contributed by atoms with Crippen molar-refractivity contribution in [3.8, 4) is 0 Å². The first-order chi connectivity index (χ1) is 11.3. The minimum atomic E-state index is -1.18. The summed E-state index contributed by atoms with van der Waals surface area (Å²) in [5, 5.41) is 7.05. The first-order valence-electron chi connectivity index (χ1n) is 7.54. The summed E-state index contributed by atoms with van der Waals surface area (Å²) in [4.78, 5) is 30.4. The van der Waals surface area contributed by atoms with Crippen molar-refractivity contribution in [1.82, 2.24) is 20.4 Å². The zero-order valence-corrected chi connectivity index (χ0v) is 14.3. The topological polar surface area (TPSA) is 88.3 Å². The minimum Gasteiger partial charge on any atom is -0.337 e. The lowest BCUT2D eigenvalue weighted by atomic mass is 9.92. The van der Waals surface area contributed by atoms with Crippen LogP contribution in [0.2, 0.25) is 5.02 Å². The fourth-order valence-electron chi connectivity index (χ4n) is 2.54. The molecule has 1 aliphatic heterocycles. The Morgan fingerprint density at radius 1 is 1.38 bits per heavy atom. The van der Waals surface area contributed by atoms with E-state index in [0.717, 1.165) is 4.90 Å². The van der Waals surface area contributed by atoms with E-state index in [1.165, 1.54) is 0 Å². The van der Waals surface area contributed by atoms with Crippen LogP contribution in [0, 0.1) is 0 Å². The van der Waals surface area contributed by atoms with Gasteiger partial charge in [0.2, 0.25) is 5.89 Å². The molecule has 1 aromatic carbocycles. The number of halogens is 1. The van der Waals surface area contributed by atoms with Crippen LogP contribution in [-0.4, -0.2) is 27.0 Å². The SMILES string of the molecule is CC(C)c1noc(CN2C(=O)N[C@@](C)(c3cccc(Cl)c3)C2=O)n1. The molecule has 3 amide bonds. The van der Waals surface area contributed by atoms with E-state index in [4.69, 9.17) is 16.1 Å². The van der Waals surface area contributed by atoms with Crippen LogP contribution in [0.3, 0.4) is 0 Å². The number of hydrogen-bond acceptors (Lipinski definition) is 5. The molecule has 1 N–H and O–H groups in total. The van der Waals surface area contributed by atoms with Gasteiger partial charge in [-0.15, -0.1) is 0 Å². The summed E-state index contributed by atoms with van der Waals surface area (Å²) in [7, 11) is 0. The molecule has 24 heavy (non-hydrogen) atoms. The number of rotatable bonds is 4. The van der Waals surface area contributed by atoms with Crippen LogP contribution in [0.25, 0.3) is 0 Å². The van der Waals surface area contributed by atoms with Crippen molar-refractivity contribution in [2.24, 2.45) is 0 Å². The summed E-state index contributed by atoms with van der Waals surface area (Å²) in [6.07, 6.45) is 0. The van der Waals surface area contributed by atoms with Crippen molar-refractivity contribution in [2.75, 3.05) is 0 Å². The van der Waals surface area contributed by atoms with E-state index in [0.29, 0.717) is 16.4 Å². The van der Waals surface area contributed by atoms with Crippen LogP contribution in [0.4, 0.5) is 4.79 Å². The lowest BCUT2D eigenvalue weighted by Crippen LogP contribution is -2.40. The zero-order chi connectivity index (χ0) is 17.5. The molecule has 2 aromatic rings. The van der Waals surface area contributed by atoms with Gasteiger partial charge in [-0.2, -0.15) is 4.98 Å². The minimum absolute atomic E-state index is 0.0689. The van der Waals surface area contributed by atoms with Crippen molar-refractivity contribution < 1.29 is 14.1 Å². The van der Waals surface area contributed by atoms with E-state index in [1.807, 2.05) is 13.8 Å². The number of hydrogen-bond donors (Lipinski definition) is 1. The molecular weight excluding hydrogens is 332 g/mol. The molecule has 0 aliphatic carbocycles. The third kappa shape index (κ3) is 2.75. The van der Waals surface area contributed by atoms with Gasteiger partial charge in [0.25, 0.3) is 5.91 Å². The number of nitrogens with zero attached hydrogens (tertiary/aromatic N) is 3. The molecule has 3 rings (SSSR count). The number of benzene rings is 1. The number of carbonyl (C=O) groups excluding carboxylic acids is 2. The normalized spacial score (nSPS) is 20.8. The number of nitrogens with one attached hydrogen (secondary N) is 1. The highest BCUT2D eigenvalue weighted by Crippen LogP contribution is 2.31. The summed E-state index contributed by atoms with van der Waals surface area (Å²) >= 11 is 6.00. The molecule has 7 nitrogen and oxygen atoms in total. The monoisotopic (exact) mass is 348 g/mol. The Labute approximate surface area is 144 Å². The van der Waals surface area contributed by atoms with Gasteiger partial charge in [0.1, 0.15) is 12.1 Å². The standard InChI is InChI=1S/C16H17ClN4O3/c1-9(2)13-18-12(24-20-13)8-21-14(22)16(3,19-15(21)23)10-5-4-6-11(17)7-10/h4-7,9H,8H2,1-3H3,(H,19,23)/t16-/m0/s1. The average molecular weight is 349 g/mol. The maximum absolute atomic E-state index is 12.8. The quantitative estimate of drug-likeness (QED) is 0.858. The van der Waals surface area contributed by atoms with Gasteiger partial charge in [0.15, 0.2) is 5.82 Å². The molecule has 1 aromatic heterocycles. The molecule has 1 saturated heterocycles. The lowest BCUT2D eigenvalue weighted by Gasteiger charge is -2.22. The van der Waals surface area contributed by atoms with E-state index in [-0.39, 0.29) is 24.3 Å². The van der Waals surface area contributed by atoms with Gasteiger partial charge in [-0.3, -0.25) is 9.69 Å². The van der Waals surface area contributed by atoms with Crippen LogP contribution in [0.5, 0.6) is 0 Å². The molecule has 0 radical (unpaired) electrons. The van der Waals surface area contributed by atoms with E-state index in [1.54, 1.807) is 31.2 Å². The molecule has 0 bridgehead atoms. The Morgan fingerprint density at radius 3 is 2.75 bits per heavy atom. The molecule has 0 spiro atoms. The Hall–Kier alpha value is -2.41. The molecule has 126 valence electrons. The highest BCUT2D eigenvalue weighted by Gasteiger charge is 2.49. The molecule has 1 aliphatic rings. The molecule has 0 saturated carbocycles. The number of imide groups is 1. The predicted molar refractivity (Wildman–Crippen MR) is 86.3 cm³/mol. The lowest BCUT2D eigenvalue weighted by molar-refractivity contribution is -0.131. The van der Waals surface area contributed by atoms with Crippen molar-refractivity contribution in [1.29, 1.82) is 0 Å². The van der Waals surface area contributed by atoms with E-state index < -0.39 is 11.6 Å². The summed E-state index contributed by atoms with van der Waals surface area (Å²) in [6.45, 7) is 5.43. The average Bonchev–Trinajstić information content (AvgIpc) is 3.07. The molecule has 8 heteroatoms. The summed E-state index contributed by atoms with van der Waals surface area (Å²) < 4.78 is 5.12. The summed E-state index contributed by atoms with van der Waals surface area (Å²) in [6, 6.07) is 6.34. The van der Waals surface area contributed by atoms with Gasteiger partial charge in [-0.05, 0) is 24.6 Å². The van der Waals surface area contributed by atoms with Crippen LogP contribution in [0.15, 0.2) is 28.8 Å². The van der Waals surface area contributed by atoms with Gasteiger partial charge in [-0.1, -0.05) is 42.7 Å². The maximum Gasteiger partial charge on any atom is 0.325 e. The largest absolute Gasteiger partial charge is 0.337 e. The van der Waals surface area contributed by atoms with Crippen molar-refractivity contribution in [2.45, 2.75) is 38.8 Å². The summed E-state index contributed by atoms with van der Waals surface area (Å²) in [5.74, 6) is 0.466. The second-order valence-corrected chi connectivity index (χ2v) is 6.59. The number of amides is 3. The van der Waals surface area contributed by atoms with Crippen LogP contribution < -0.4 is 5.32 Å². The number of urea groups is 1. The van der Waals surface area contributed by atoms with Gasteiger partial charge in [-0.25, -0.2) is 4.79 Å². The molecule has 1 fully saturated rings. The van der Waals surface area contributed by atoms with Crippen LogP contribution >= 0.6 is 11.6 Å². The van der Waals surface area contributed by atoms with Crippen molar-refractivity contribution in [3.63, 3.8) is 0 Å². The fraction of sp³-hybridized carbons (Fsp3) is 0.375. The first-order valence-corrected chi connectivity index (χ1v) is 7.91.